The van der Waals surface area contributed by atoms with Gasteiger partial charge in [-0.05, 0) is 24.3 Å². The van der Waals surface area contributed by atoms with Crippen LogP contribution in [0.1, 0.15) is 28.8 Å². The van der Waals surface area contributed by atoms with Gasteiger partial charge in [-0.3, -0.25) is 0 Å². The largest absolute Gasteiger partial charge is 0.450 e. The maximum Gasteiger partial charge on any atom is 0.339 e. The van der Waals surface area contributed by atoms with Crippen LogP contribution in [0, 0.1) is 5.82 Å². The monoisotopic (exact) mass is 395 g/mol. The molecule has 2 heterocycles. The van der Waals surface area contributed by atoms with E-state index in [1.165, 1.54) is 10.4 Å². The Balaban J connectivity index is 1.59. The molecule has 1 saturated heterocycles. The van der Waals surface area contributed by atoms with Gasteiger partial charge in [0.2, 0.25) is 10.0 Å². The summed E-state index contributed by atoms with van der Waals surface area (Å²) < 4.78 is 45.9. The molecule has 136 valence electrons. The first-order valence-electron chi connectivity index (χ1n) is 8.12. The first-order chi connectivity index (χ1) is 12.3. The highest BCUT2D eigenvalue weighted by molar-refractivity contribution is 7.89. The fraction of sp³-hybridized carbons (Fsp3) is 0.278. The maximum absolute atomic E-state index is 13.3. The molecular weight excluding hydrogens is 381 g/mol. The lowest BCUT2D eigenvalue weighted by Gasteiger charge is -2.37. The number of hydrogen-bond donors (Lipinski definition) is 0. The molecule has 0 radical (unpaired) electrons. The van der Waals surface area contributed by atoms with E-state index >= 15 is 0 Å². The van der Waals surface area contributed by atoms with Crippen LogP contribution in [0.2, 0.25) is 5.02 Å². The third-order valence-corrected chi connectivity index (χ3v) is 7.17. The highest BCUT2D eigenvalue weighted by Crippen LogP contribution is 2.44. The minimum absolute atomic E-state index is 0.0522. The van der Waals surface area contributed by atoms with E-state index in [0.717, 1.165) is 17.7 Å². The van der Waals surface area contributed by atoms with Crippen molar-refractivity contribution in [2.24, 2.45) is 0 Å². The van der Waals surface area contributed by atoms with Gasteiger partial charge < -0.3 is 4.74 Å². The quantitative estimate of drug-likeness (QED) is 0.732. The van der Waals surface area contributed by atoms with Crippen molar-refractivity contribution in [3.63, 3.8) is 0 Å². The highest BCUT2D eigenvalue weighted by Gasteiger charge is 2.48. The van der Waals surface area contributed by atoms with Crippen molar-refractivity contribution >= 4 is 27.6 Å². The summed E-state index contributed by atoms with van der Waals surface area (Å²) in [6, 6.07) is 10.5. The lowest BCUT2D eigenvalue weighted by atomic mass is 9.84. The Morgan fingerprint density at radius 1 is 1.12 bits per heavy atom. The number of carbonyl (C=O) groups excluding carboxylic acids is 1. The van der Waals surface area contributed by atoms with Crippen LogP contribution < -0.4 is 0 Å². The van der Waals surface area contributed by atoms with Gasteiger partial charge in [0, 0.05) is 31.5 Å². The van der Waals surface area contributed by atoms with Gasteiger partial charge >= 0.3 is 5.97 Å². The lowest BCUT2D eigenvalue weighted by Crippen LogP contribution is -2.45. The van der Waals surface area contributed by atoms with Gasteiger partial charge in [-0.1, -0.05) is 29.8 Å². The van der Waals surface area contributed by atoms with Crippen LogP contribution in [0.5, 0.6) is 0 Å². The third kappa shape index (κ3) is 2.62. The second-order valence-corrected chi connectivity index (χ2v) is 8.75. The van der Waals surface area contributed by atoms with Crippen LogP contribution in [-0.4, -0.2) is 31.8 Å². The normalized spacial score (nSPS) is 19.4. The van der Waals surface area contributed by atoms with Crippen LogP contribution in [0.25, 0.3) is 0 Å². The third-order valence-electron chi connectivity index (χ3n) is 4.98. The second kappa shape index (κ2) is 6.04. The average Bonchev–Trinajstić information content (AvgIpc) is 2.90. The molecule has 0 unspecified atom stereocenters. The summed E-state index contributed by atoms with van der Waals surface area (Å²) in [6.07, 6.45) is 0.730. The van der Waals surface area contributed by atoms with E-state index in [1.807, 2.05) is 12.1 Å². The van der Waals surface area contributed by atoms with Crippen molar-refractivity contribution in [2.75, 3.05) is 13.1 Å². The predicted molar refractivity (Wildman–Crippen MR) is 92.9 cm³/mol. The van der Waals surface area contributed by atoms with Crippen LogP contribution in [0.15, 0.2) is 47.4 Å². The predicted octanol–water partition coefficient (Wildman–Crippen LogP) is 3.33. The smallest absolute Gasteiger partial charge is 0.339 e. The molecule has 0 amide bonds. The molecular formula is C18H15ClFNO4S. The molecule has 0 aromatic heterocycles. The molecule has 2 aromatic rings. The number of hydrogen-bond acceptors (Lipinski definition) is 4. The van der Waals surface area contributed by atoms with Crippen molar-refractivity contribution in [1.82, 2.24) is 4.31 Å². The Bertz CT molecular complexity index is 1000. The summed E-state index contributed by atoms with van der Waals surface area (Å²) in [5, 5.41) is -0.238. The highest BCUT2D eigenvalue weighted by atomic mass is 35.5. The van der Waals surface area contributed by atoms with Gasteiger partial charge in [0.25, 0.3) is 0 Å². The number of esters is 1. The zero-order valence-corrected chi connectivity index (χ0v) is 15.2. The van der Waals surface area contributed by atoms with E-state index in [1.54, 1.807) is 12.1 Å². The number of rotatable bonds is 2. The molecule has 26 heavy (non-hydrogen) atoms. The molecule has 2 aliphatic heterocycles. The number of ether oxygens (including phenoxy) is 1. The van der Waals surface area contributed by atoms with E-state index in [-0.39, 0.29) is 29.0 Å². The first-order valence-corrected chi connectivity index (χ1v) is 9.93. The fourth-order valence-corrected chi connectivity index (χ4v) is 5.30. The van der Waals surface area contributed by atoms with Crippen molar-refractivity contribution in [3.05, 3.63) is 64.4 Å². The van der Waals surface area contributed by atoms with E-state index in [9.17, 15) is 17.6 Å². The van der Waals surface area contributed by atoms with Crippen molar-refractivity contribution in [3.8, 4) is 0 Å². The minimum atomic E-state index is -3.80. The molecule has 0 aliphatic carbocycles. The topological polar surface area (TPSA) is 63.7 Å². The SMILES string of the molecule is O=C1OC2(CCN(S(=O)(=O)c3ccc(F)c(Cl)c3)CC2)c2ccccc21. The van der Waals surface area contributed by atoms with Gasteiger partial charge in [-0.2, -0.15) is 4.31 Å². The molecule has 2 aliphatic rings. The number of fused-ring (bicyclic) bond motifs is 2. The Kier molecular flexibility index (Phi) is 4.06. The number of nitrogens with zero attached hydrogens (tertiary/aromatic N) is 1. The Morgan fingerprint density at radius 3 is 2.50 bits per heavy atom. The molecule has 0 N–H and O–H groups in total. The lowest BCUT2D eigenvalue weighted by molar-refractivity contribution is -0.0329. The molecule has 1 fully saturated rings. The summed E-state index contributed by atoms with van der Waals surface area (Å²) in [6.45, 7) is 0.387. The summed E-state index contributed by atoms with van der Waals surface area (Å²) >= 11 is 5.71. The van der Waals surface area contributed by atoms with E-state index in [4.69, 9.17) is 16.3 Å². The summed E-state index contributed by atoms with van der Waals surface area (Å²) in [5.41, 5.74) is 0.571. The van der Waals surface area contributed by atoms with Crippen molar-refractivity contribution in [2.45, 2.75) is 23.3 Å². The minimum Gasteiger partial charge on any atom is -0.450 e. The average molecular weight is 396 g/mol. The number of piperidine rings is 1. The molecule has 5 nitrogen and oxygen atoms in total. The number of carbonyl (C=O) groups is 1. The molecule has 4 rings (SSSR count). The van der Waals surface area contributed by atoms with Crippen molar-refractivity contribution < 1.29 is 22.3 Å². The van der Waals surface area contributed by atoms with Crippen LogP contribution in [0.4, 0.5) is 4.39 Å². The van der Waals surface area contributed by atoms with Gasteiger partial charge in [-0.15, -0.1) is 0 Å². The first kappa shape index (κ1) is 17.5. The molecule has 1 spiro atoms. The van der Waals surface area contributed by atoms with E-state index < -0.39 is 21.4 Å². The summed E-state index contributed by atoms with van der Waals surface area (Å²) in [5.74, 6) is -1.04. The Labute approximate surface area is 155 Å². The molecule has 0 saturated carbocycles. The Morgan fingerprint density at radius 2 is 1.81 bits per heavy atom. The van der Waals surface area contributed by atoms with Crippen LogP contribution in [-0.2, 0) is 20.4 Å². The second-order valence-electron chi connectivity index (χ2n) is 6.41. The molecule has 0 atom stereocenters. The molecule has 0 bridgehead atoms. The van der Waals surface area contributed by atoms with E-state index in [2.05, 4.69) is 0 Å². The zero-order valence-electron chi connectivity index (χ0n) is 13.6. The summed E-state index contributed by atoms with van der Waals surface area (Å²) in [7, 11) is -3.80. The fourth-order valence-electron chi connectivity index (χ4n) is 3.59. The Hall–Kier alpha value is -1.96. The number of halogens is 2. The standard InChI is InChI=1S/C18H15ClFNO4S/c19-15-11-12(5-6-16(15)20)26(23,24)21-9-7-18(8-10-21)14-4-2-1-3-13(14)17(22)25-18/h1-6,11H,7-10H2. The van der Waals surface area contributed by atoms with Gasteiger partial charge in [-0.25, -0.2) is 17.6 Å². The van der Waals surface area contributed by atoms with Crippen LogP contribution in [0.3, 0.4) is 0 Å². The van der Waals surface area contributed by atoms with Crippen LogP contribution >= 0.6 is 11.6 Å². The van der Waals surface area contributed by atoms with Crippen molar-refractivity contribution in [1.29, 1.82) is 0 Å². The number of benzene rings is 2. The summed E-state index contributed by atoms with van der Waals surface area (Å²) in [4.78, 5) is 12.1. The molecule has 8 heteroatoms. The maximum atomic E-state index is 13.3. The van der Waals surface area contributed by atoms with Gasteiger partial charge in [0.1, 0.15) is 11.4 Å². The van der Waals surface area contributed by atoms with Gasteiger partial charge in [0.05, 0.1) is 15.5 Å². The zero-order chi connectivity index (χ0) is 18.5. The number of sulfonamides is 1. The van der Waals surface area contributed by atoms with Gasteiger partial charge in [0.15, 0.2) is 0 Å². The molecule has 2 aromatic carbocycles. The van der Waals surface area contributed by atoms with E-state index in [0.29, 0.717) is 18.4 Å².